The number of hydrogen-bond acceptors (Lipinski definition) is 5. The topological polar surface area (TPSA) is 95.8 Å². The van der Waals surface area contributed by atoms with Gasteiger partial charge in [0.2, 0.25) is 0 Å². The average molecular weight is 424 g/mol. The number of carbonyl (C=O) groups excluding carboxylic acids is 1. The molecule has 1 amide bonds. The molecule has 3 N–H and O–H groups in total. The van der Waals surface area contributed by atoms with Crippen LogP contribution >= 0.6 is 24.8 Å². The summed E-state index contributed by atoms with van der Waals surface area (Å²) >= 11 is 0. The Kier molecular flexibility index (Phi) is 7.23. The van der Waals surface area contributed by atoms with Crippen LogP contribution in [0.5, 0.6) is 0 Å². The summed E-state index contributed by atoms with van der Waals surface area (Å²) in [6.07, 6.45) is 2.88. The highest BCUT2D eigenvalue weighted by Crippen LogP contribution is 2.22. The zero-order valence-electron chi connectivity index (χ0n) is 15.7. The van der Waals surface area contributed by atoms with Gasteiger partial charge in [0.25, 0.3) is 5.91 Å². The quantitative estimate of drug-likeness (QED) is 0.598. The van der Waals surface area contributed by atoms with E-state index in [0.717, 1.165) is 36.5 Å². The molecule has 0 unspecified atom stereocenters. The van der Waals surface area contributed by atoms with E-state index in [1.165, 1.54) is 11.1 Å². The van der Waals surface area contributed by atoms with Gasteiger partial charge in [0.15, 0.2) is 11.5 Å². The van der Waals surface area contributed by atoms with Crippen molar-refractivity contribution < 1.29 is 9.21 Å². The van der Waals surface area contributed by atoms with E-state index in [1.807, 2.05) is 32.2 Å². The number of aromatic nitrogens is 3. The number of carbonyl (C=O) groups is 1. The highest BCUT2D eigenvalue weighted by atomic mass is 35.5. The summed E-state index contributed by atoms with van der Waals surface area (Å²) in [4.78, 5) is 17.0. The van der Waals surface area contributed by atoms with E-state index in [0.29, 0.717) is 23.7 Å². The van der Waals surface area contributed by atoms with E-state index < -0.39 is 0 Å². The first-order chi connectivity index (χ1) is 12.6. The highest BCUT2D eigenvalue weighted by Gasteiger charge is 2.18. The van der Waals surface area contributed by atoms with Gasteiger partial charge in [-0.05, 0) is 55.6 Å². The number of nitrogens with one attached hydrogen (secondary N) is 3. The third-order valence-corrected chi connectivity index (χ3v) is 4.71. The van der Waals surface area contributed by atoms with Gasteiger partial charge in [-0.3, -0.25) is 14.9 Å². The Balaban J connectivity index is 0.00000140. The van der Waals surface area contributed by atoms with Crippen molar-refractivity contribution in [1.82, 2.24) is 25.8 Å². The van der Waals surface area contributed by atoms with Crippen LogP contribution in [0.3, 0.4) is 0 Å². The number of nitrogens with zero attached hydrogens (tertiary/aromatic N) is 2. The van der Waals surface area contributed by atoms with Crippen molar-refractivity contribution in [3.63, 3.8) is 0 Å². The molecule has 0 fully saturated rings. The van der Waals surface area contributed by atoms with E-state index in [9.17, 15) is 4.79 Å². The Morgan fingerprint density at radius 1 is 1.29 bits per heavy atom. The molecule has 28 heavy (non-hydrogen) atoms. The van der Waals surface area contributed by atoms with Crippen LogP contribution in [-0.4, -0.2) is 27.6 Å². The number of halogens is 2. The van der Waals surface area contributed by atoms with Crippen molar-refractivity contribution >= 4 is 30.7 Å². The molecule has 150 valence electrons. The standard InChI is InChI=1S/C19H21N5O2.2ClH/c1-11-3-4-18(26-11)16-7-17(24-23-16)19(25)22-10-15-12(2)21-9-13-8-20-6-5-14(13)15;;/h3-4,7,9,20H,5-6,8,10H2,1-2H3,(H,22,25)(H,23,24);2*1H. The minimum atomic E-state index is -0.221. The van der Waals surface area contributed by atoms with E-state index >= 15 is 0 Å². The molecule has 7 nitrogen and oxygen atoms in total. The first-order valence-corrected chi connectivity index (χ1v) is 8.69. The van der Waals surface area contributed by atoms with Crippen molar-refractivity contribution in [2.24, 2.45) is 0 Å². The molecule has 0 bridgehead atoms. The molecule has 0 saturated heterocycles. The summed E-state index contributed by atoms with van der Waals surface area (Å²) < 4.78 is 5.55. The van der Waals surface area contributed by atoms with Crippen LogP contribution in [0.1, 0.15) is 38.6 Å². The fourth-order valence-corrected chi connectivity index (χ4v) is 3.28. The summed E-state index contributed by atoms with van der Waals surface area (Å²) in [6, 6.07) is 5.42. The molecular weight excluding hydrogens is 401 g/mol. The smallest absolute Gasteiger partial charge is 0.272 e. The second kappa shape index (κ2) is 9.23. The normalized spacial score (nSPS) is 12.5. The van der Waals surface area contributed by atoms with Crippen LogP contribution in [-0.2, 0) is 19.5 Å². The van der Waals surface area contributed by atoms with Crippen molar-refractivity contribution in [2.75, 3.05) is 6.54 Å². The Labute approximate surface area is 175 Å². The SMILES string of the molecule is Cc1ccc(-c2cc(C(=O)NCc3c(C)ncc4c3CCNC4)n[nH]2)o1.Cl.Cl. The van der Waals surface area contributed by atoms with Gasteiger partial charge in [0.1, 0.15) is 11.5 Å². The molecule has 3 aromatic rings. The molecule has 0 saturated carbocycles. The summed E-state index contributed by atoms with van der Waals surface area (Å²) in [5, 5.41) is 13.3. The van der Waals surface area contributed by atoms with E-state index in [4.69, 9.17) is 4.42 Å². The van der Waals surface area contributed by atoms with Crippen molar-refractivity contribution in [3.05, 3.63) is 58.2 Å². The Morgan fingerprint density at radius 3 is 2.86 bits per heavy atom. The number of aromatic amines is 1. The van der Waals surface area contributed by atoms with Crippen LogP contribution in [0.4, 0.5) is 0 Å². The average Bonchev–Trinajstić information content (AvgIpc) is 3.29. The summed E-state index contributed by atoms with van der Waals surface area (Å²) in [6.45, 7) is 6.08. The number of pyridine rings is 1. The maximum absolute atomic E-state index is 12.5. The first kappa shape index (κ1) is 21.9. The van der Waals surface area contributed by atoms with Crippen LogP contribution in [0.15, 0.2) is 28.8 Å². The van der Waals surface area contributed by atoms with Gasteiger partial charge in [0, 0.05) is 31.0 Å². The zero-order chi connectivity index (χ0) is 18.1. The zero-order valence-corrected chi connectivity index (χ0v) is 17.3. The van der Waals surface area contributed by atoms with Crippen LogP contribution in [0, 0.1) is 13.8 Å². The lowest BCUT2D eigenvalue weighted by atomic mass is 9.96. The second-order valence-corrected chi connectivity index (χ2v) is 6.51. The minimum Gasteiger partial charge on any atom is -0.460 e. The van der Waals surface area contributed by atoms with Gasteiger partial charge in [-0.15, -0.1) is 24.8 Å². The fraction of sp³-hybridized carbons (Fsp3) is 0.316. The number of H-pyrrole nitrogens is 1. The predicted molar refractivity (Wildman–Crippen MR) is 111 cm³/mol. The van der Waals surface area contributed by atoms with E-state index in [1.54, 1.807) is 6.07 Å². The number of rotatable bonds is 4. The Bertz CT molecular complexity index is 967. The van der Waals surface area contributed by atoms with E-state index in [-0.39, 0.29) is 30.7 Å². The molecule has 0 spiro atoms. The van der Waals surface area contributed by atoms with Crippen molar-refractivity contribution in [3.8, 4) is 11.5 Å². The molecule has 1 aliphatic heterocycles. The molecule has 1 aliphatic rings. The molecule has 4 heterocycles. The fourth-order valence-electron chi connectivity index (χ4n) is 3.28. The summed E-state index contributed by atoms with van der Waals surface area (Å²) in [5.74, 6) is 1.26. The third kappa shape index (κ3) is 4.38. The van der Waals surface area contributed by atoms with Gasteiger partial charge in [-0.1, -0.05) is 0 Å². The highest BCUT2D eigenvalue weighted by molar-refractivity contribution is 5.93. The molecular formula is C19H23Cl2N5O2. The van der Waals surface area contributed by atoms with Crippen molar-refractivity contribution in [1.29, 1.82) is 0 Å². The summed E-state index contributed by atoms with van der Waals surface area (Å²) in [5.41, 5.74) is 5.59. The maximum Gasteiger partial charge on any atom is 0.272 e. The lowest BCUT2D eigenvalue weighted by molar-refractivity contribution is 0.0945. The van der Waals surface area contributed by atoms with Crippen LogP contribution in [0.2, 0.25) is 0 Å². The minimum absolute atomic E-state index is 0. The van der Waals surface area contributed by atoms with E-state index in [2.05, 4.69) is 25.8 Å². The van der Waals surface area contributed by atoms with Gasteiger partial charge >= 0.3 is 0 Å². The Morgan fingerprint density at radius 2 is 2.11 bits per heavy atom. The van der Waals surface area contributed by atoms with Gasteiger partial charge in [0.05, 0.1) is 0 Å². The molecule has 3 aromatic heterocycles. The Hall–Kier alpha value is -2.35. The number of furan rings is 1. The van der Waals surface area contributed by atoms with Crippen molar-refractivity contribution in [2.45, 2.75) is 33.4 Å². The second-order valence-electron chi connectivity index (χ2n) is 6.51. The lowest BCUT2D eigenvalue weighted by Gasteiger charge is -2.21. The van der Waals surface area contributed by atoms with Gasteiger partial charge < -0.3 is 15.1 Å². The number of fused-ring (bicyclic) bond motifs is 1. The summed E-state index contributed by atoms with van der Waals surface area (Å²) in [7, 11) is 0. The van der Waals surface area contributed by atoms with Gasteiger partial charge in [-0.25, -0.2) is 0 Å². The predicted octanol–water partition coefficient (Wildman–Crippen LogP) is 3.10. The number of hydrogen-bond donors (Lipinski definition) is 3. The number of aryl methyl sites for hydroxylation is 2. The molecule has 0 aromatic carbocycles. The maximum atomic E-state index is 12.5. The monoisotopic (exact) mass is 423 g/mol. The molecule has 0 atom stereocenters. The molecule has 0 aliphatic carbocycles. The lowest BCUT2D eigenvalue weighted by Crippen LogP contribution is -2.29. The number of amides is 1. The third-order valence-electron chi connectivity index (χ3n) is 4.71. The van der Waals surface area contributed by atoms with Crippen LogP contribution in [0.25, 0.3) is 11.5 Å². The first-order valence-electron chi connectivity index (χ1n) is 8.69. The van der Waals surface area contributed by atoms with Crippen LogP contribution < -0.4 is 10.6 Å². The molecule has 9 heteroatoms. The van der Waals surface area contributed by atoms with Gasteiger partial charge in [-0.2, -0.15) is 5.10 Å². The molecule has 4 rings (SSSR count). The molecule has 0 radical (unpaired) electrons. The largest absolute Gasteiger partial charge is 0.460 e.